The molecule has 1 saturated carbocycles. The summed E-state index contributed by atoms with van der Waals surface area (Å²) < 4.78 is 0. The van der Waals surface area contributed by atoms with Gasteiger partial charge in [-0.3, -0.25) is 9.69 Å². The molecule has 2 N–H and O–H groups in total. The highest BCUT2D eigenvalue weighted by Crippen LogP contribution is 2.51. The number of halogens is 1. The lowest BCUT2D eigenvalue weighted by Gasteiger charge is -2.44. The van der Waals surface area contributed by atoms with Gasteiger partial charge >= 0.3 is 0 Å². The molecule has 3 heterocycles. The van der Waals surface area contributed by atoms with E-state index in [9.17, 15) is 4.79 Å². The molecule has 3 aliphatic rings. The number of carbonyl (C=O) groups excluding carboxylic acids is 1. The molecule has 3 aromatic rings. The van der Waals surface area contributed by atoms with Gasteiger partial charge in [-0.1, -0.05) is 54.9 Å². The maximum absolute atomic E-state index is 13.9. The van der Waals surface area contributed by atoms with E-state index in [1.807, 2.05) is 29.2 Å². The number of nitrogens with zero attached hydrogens (tertiary/aromatic N) is 2. The molecule has 1 aliphatic carbocycles. The van der Waals surface area contributed by atoms with Crippen molar-refractivity contribution >= 4 is 28.4 Å². The van der Waals surface area contributed by atoms with Crippen LogP contribution in [0.1, 0.15) is 49.0 Å². The summed E-state index contributed by atoms with van der Waals surface area (Å²) in [6, 6.07) is 16.8. The lowest BCUT2D eigenvalue weighted by Crippen LogP contribution is -2.52. The molecular formula is C27H29ClN4O. The van der Waals surface area contributed by atoms with Crippen LogP contribution in [0.15, 0.2) is 60.9 Å². The van der Waals surface area contributed by atoms with Crippen molar-refractivity contribution in [2.75, 3.05) is 13.1 Å². The Morgan fingerprint density at radius 1 is 1.21 bits per heavy atom. The summed E-state index contributed by atoms with van der Waals surface area (Å²) in [7, 11) is 0. The molecule has 0 spiro atoms. The molecule has 5 nitrogen and oxygen atoms in total. The van der Waals surface area contributed by atoms with Gasteiger partial charge in [0.1, 0.15) is 11.4 Å². The summed E-state index contributed by atoms with van der Waals surface area (Å²) in [5, 5.41) is 5.40. The van der Waals surface area contributed by atoms with E-state index in [0.29, 0.717) is 24.0 Å². The minimum atomic E-state index is -0.696. The summed E-state index contributed by atoms with van der Waals surface area (Å²) in [4.78, 5) is 21.7. The van der Waals surface area contributed by atoms with Crippen LogP contribution in [-0.2, 0) is 11.2 Å². The molecule has 6 heteroatoms. The molecule has 0 unspecified atom stereocenters. The Hall–Kier alpha value is -2.76. The lowest BCUT2D eigenvalue weighted by atomic mass is 9.81. The molecule has 0 radical (unpaired) electrons. The Kier molecular flexibility index (Phi) is 4.82. The second-order valence-corrected chi connectivity index (χ2v) is 10.2. The van der Waals surface area contributed by atoms with Gasteiger partial charge in [0.15, 0.2) is 0 Å². The fraction of sp³-hybridized carbons (Fsp3) is 0.370. The average molecular weight is 461 g/mol. The van der Waals surface area contributed by atoms with Gasteiger partial charge in [0, 0.05) is 47.2 Å². The first kappa shape index (κ1) is 20.8. The molecule has 2 fully saturated rings. The van der Waals surface area contributed by atoms with E-state index in [1.165, 1.54) is 24.8 Å². The molecule has 1 saturated heterocycles. The minimum Gasteiger partial charge on any atom is -0.356 e. The van der Waals surface area contributed by atoms with E-state index >= 15 is 0 Å². The predicted octanol–water partition coefficient (Wildman–Crippen LogP) is 4.98. The first-order chi connectivity index (χ1) is 16.0. The molecule has 33 heavy (non-hydrogen) atoms. The molecular weight excluding hydrogens is 432 g/mol. The van der Waals surface area contributed by atoms with Crippen LogP contribution in [0.2, 0.25) is 5.02 Å². The lowest BCUT2D eigenvalue weighted by molar-refractivity contribution is -0.133. The van der Waals surface area contributed by atoms with Crippen LogP contribution in [0.3, 0.4) is 0 Å². The number of H-pyrrole nitrogens is 1. The number of aromatic amines is 1. The zero-order valence-electron chi connectivity index (χ0n) is 18.9. The number of aromatic nitrogens is 1. The van der Waals surface area contributed by atoms with Crippen molar-refractivity contribution in [2.45, 2.75) is 50.2 Å². The predicted molar refractivity (Wildman–Crippen MR) is 132 cm³/mol. The molecule has 170 valence electrons. The highest BCUT2D eigenvalue weighted by atomic mass is 35.5. The SMILES string of the molecule is C=C1N(CCNC2CCC2)C(=O)[C@]2(C)Cc3c([nH]c4ccc(Cl)cc34)[C@@H](c3ccccc3)N12. The van der Waals surface area contributed by atoms with E-state index in [1.54, 1.807) is 0 Å². The maximum Gasteiger partial charge on any atom is 0.254 e. The van der Waals surface area contributed by atoms with Crippen LogP contribution in [0, 0.1) is 0 Å². The van der Waals surface area contributed by atoms with Crippen LogP contribution in [0.4, 0.5) is 0 Å². The van der Waals surface area contributed by atoms with E-state index in [-0.39, 0.29) is 11.9 Å². The largest absolute Gasteiger partial charge is 0.356 e. The van der Waals surface area contributed by atoms with Crippen LogP contribution in [-0.4, -0.2) is 45.4 Å². The standard InChI is InChI=1S/C27H29ClN4O/c1-17-31(14-13-29-20-9-6-10-20)26(33)27(2)16-22-21-15-19(28)11-12-23(21)30-24(22)25(32(17)27)18-7-4-3-5-8-18/h3-5,7-8,11-12,15,20,25,29-30H,1,6,9-10,13-14,16H2,2H3/t25-,27+/m1/s1. The second kappa shape index (κ2) is 7.64. The van der Waals surface area contributed by atoms with Gasteiger partial charge in [0.25, 0.3) is 5.91 Å². The summed E-state index contributed by atoms with van der Waals surface area (Å²) in [6.45, 7) is 7.94. The van der Waals surface area contributed by atoms with Crippen molar-refractivity contribution in [1.29, 1.82) is 0 Å². The molecule has 6 rings (SSSR count). The number of hydrogen-bond donors (Lipinski definition) is 2. The maximum atomic E-state index is 13.9. The first-order valence-corrected chi connectivity index (χ1v) is 12.2. The summed E-state index contributed by atoms with van der Waals surface area (Å²) in [6.07, 6.45) is 4.39. The third-order valence-corrected chi connectivity index (χ3v) is 8.01. The van der Waals surface area contributed by atoms with Crippen molar-refractivity contribution < 1.29 is 4.79 Å². The first-order valence-electron chi connectivity index (χ1n) is 11.9. The second-order valence-electron chi connectivity index (χ2n) is 9.80. The number of nitrogens with one attached hydrogen (secondary N) is 2. The van der Waals surface area contributed by atoms with Gasteiger partial charge in [-0.25, -0.2) is 0 Å². The number of benzene rings is 2. The number of rotatable bonds is 5. The van der Waals surface area contributed by atoms with Crippen LogP contribution < -0.4 is 5.32 Å². The van der Waals surface area contributed by atoms with Gasteiger partial charge in [-0.05, 0) is 49.1 Å². The van der Waals surface area contributed by atoms with E-state index in [4.69, 9.17) is 11.6 Å². The topological polar surface area (TPSA) is 51.4 Å². The Balaban J connectivity index is 1.44. The number of carbonyl (C=O) groups is 1. The molecule has 2 atom stereocenters. The van der Waals surface area contributed by atoms with Gasteiger partial charge in [0.2, 0.25) is 0 Å². The highest BCUT2D eigenvalue weighted by Gasteiger charge is 2.57. The van der Waals surface area contributed by atoms with Crippen molar-refractivity contribution in [2.24, 2.45) is 0 Å². The van der Waals surface area contributed by atoms with Gasteiger partial charge in [0.05, 0.1) is 6.04 Å². The van der Waals surface area contributed by atoms with Crippen LogP contribution in [0.5, 0.6) is 0 Å². The van der Waals surface area contributed by atoms with Crippen LogP contribution >= 0.6 is 11.6 Å². The Bertz CT molecular complexity index is 1250. The van der Waals surface area contributed by atoms with Crippen molar-refractivity contribution in [3.05, 3.63) is 82.8 Å². The summed E-state index contributed by atoms with van der Waals surface area (Å²) in [5.74, 6) is 0.917. The van der Waals surface area contributed by atoms with Gasteiger partial charge in [-0.15, -0.1) is 0 Å². The third-order valence-electron chi connectivity index (χ3n) is 7.77. The minimum absolute atomic E-state index is 0.118. The zero-order valence-corrected chi connectivity index (χ0v) is 19.7. The van der Waals surface area contributed by atoms with Gasteiger partial charge < -0.3 is 15.2 Å². The summed E-state index contributed by atoms with van der Waals surface area (Å²) in [5.41, 5.74) is 3.80. The Labute approximate surface area is 199 Å². The highest BCUT2D eigenvalue weighted by molar-refractivity contribution is 6.31. The van der Waals surface area contributed by atoms with E-state index in [0.717, 1.165) is 34.5 Å². The molecule has 1 amide bonds. The molecule has 2 aliphatic heterocycles. The fourth-order valence-electron chi connectivity index (χ4n) is 5.83. The molecule has 0 bridgehead atoms. The van der Waals surface area contributed by atoms with Crippen molar-refractivity contribution in [1.82, 2.24) is 20.1 Å². The number of fused-ring (bicyclic) bond motifs is 4. The average Bonchev–Trinajstić information content (AvgIpc) is 3.21. The van der Waals surface area contributed by atoms with Gasteiger partial charge in [-0.2, -0.15) is 0 Å². The van der Waals surface area contributed by atoms with Crippen molar-refractivity contribution in [3.8, 4) is 0 Å². The number of hydrogen-bond acceptors (Lipinski definition) is 3. The number of amides is 1. The Morgan fingerprint density at radius 2 is 2.00 bits per heavy atom. The fourth-order valence-corrected chi connectivity index (χ4v) is 6.01. The molecule has 1 aromatic heterocycles. The zero-order chi connectivity index (χ0) is 22.7. The quantitative estimate of drug-likeness (QED) is 0.564. The third kappa shape index (κ3) is 3.13. The van der Waals surface area contributed by atoms with Crippen molar-refractivity contribution in [3.63, 3.8) is 0 Å². The van der Waals surface area contributed by atoms with Crippen LogP contribution in [0.25, 0.3) is 10.9 Å². The van der Waals surface area contributed by atoms with E-state index in [2.05, 4.69) is 53.0 Å². The molecule has 2 aromatic carbocycles. The normalized spacial score (nSPS) is 24.8. The summed E-state index contributed by atoms with van der Waals surface area (Å²) >= 11 is 6.37. The Morgan fingerprint density at radius 3 is 2.73 bits per heavy atom. The monoisotopic (exact) mass is 460 g/mol. The smallest absolute Gasteiger partial charge is 0.254 e. The van der Waals surface area contributed by atoms with E-state index < -0.39 is 5.54 Å².